The molecule has 0 aromatic heterocycles. The highest BCUT2D eigenvalue weighted by Crippen LogP contribution is 2.33. The second-order valence-corrected chi connectivity index (χ2v) is 4.87. The fourth-order valence-electron chi connectivity index (χ4n) is 1.13. The van der Waals surface area contributed by atoms with Gasteiger partial charge in [-0.25, -0.2) is 0 Å². The van der Waals surface area contributed by atoms with Crippen molar-refractivity contribution >= 4 is 38.5 Å². The summed E-state index contributed by atoms with van der Waals surface area (Å²) in [5.74, 6) is 0.835. The highest BCUT2D eigenvalue weighted by Gasteiger charge is 2.10. The van der Waals surface area contributed by atoms with Crippen LogP contribution in [0.3, 0.4) is 0 Å². The van der Waals surface area contributed by atoms with Crippen molar-refractivity contribution in [1.29, 1.82) is 0 Å². The van der Waals surface area contributed by atoms with E-state index in [9.17, 15) is 0 Å². The number of hydrogen-bond acceptors (Lipinski definition) is 2. The molecule has 2 nitrogen and oxygen atoms in total. The summed E-state index contributed by atoms with van der Waals surface area (Å²) in [5, 5.41) is 0. The smallest absolute Gasteiger partial charge is 0.188 e. The minimum absolute atomic E-state index is 0.276. The Morgan fingerprint density at radius 3 is 2.64 bits per heavy atom. The van der Waals surface area contributed by atoms with Gasteiger partial charge in [0.15, 0.2) is 6.79 Å². The van der Waals surface area contributed by atoms with E-state index in [-0.39, 0.29) is 6.79 Å². The van der Waals surface area contributed by atoms with Crippen LogP contribution in [0.2, 0.25) is 0 Å². The van der Waals surface area contributed by atoms with Crippen molar-refractivity contribution < 1.29 is 9.47 Å². The van der Waals surface area contributed by atoms with Crippen LogP contribution in [0, 0.1) is 17.4 Å². The highest BCUT2D eigenvalue weighted by molar-refractivity contribution is 14.1. The zero-order valence-corrected chi connectivity index (χ0v) is 12.1. The first-order valence-corrected chi connectivity index (χ1v) is 6.02. The average molecular weight is 371 g/mol. The Labute approximate surface area is 106 Å². The van der Waals surface area contributed by atoms with Crippen molar-refractivity contribution in [2.75, 3.05) is 13.9 Å². The van der Waals surface area contributed by atoms with Crippen LogP contribution in [0.15, 0.2) is 10.5 Å². The molecule has 1 rings (SSSR count). The highest BCUT2D eigenvalue weighted by atomic mass is 127. The molecule has 1 aromatic carbocycles. The lowest BCUT2D eigenvalue weighted by molar-refractivity contribution is 0.0505. The van der Waals surface area contributed by atoms with Gasteiger partial charge in [0.2, 0.25) is 0 Å². The SMILES string of the molecule is COCOc1cc(C)c(I)c(C)c1Br. The number of hydrogen-bond donors (Lipinski definition) is 0. The standard InChI is InChI=1S/C10H12BrIO2/c1-6-4-8(14-5-13-3)9(11)7(2)10(6)12/h4H,5H2,1-3H3. The molecule has 0 fully saturated rings. The van der Waals surface area contributed by atoms with E-state index in [0.717, 1.165) is 10.2 Å². The molecule has 1 aromatic rings. The monoisotopic (exact) mass is 370 g/mol. The van der Waals surface area contributed by atoms with Gasteiger partial charge in [0.05, 0.1) is 4.47 Å². The molecule has 0 aliphatic carbocycles. The largest absolute Gasteiger partial charge is 0.466 e. The molecule has 0 saturated heterocycles. The van der Waals surface area contributed by atoms with Gasteiger partial charge in [-0.05, 0) is 69.6 Å². The third-order valence-electron chi connectivity index (χ3n) is 1.90. The van der Waals surface area contributed by atoms with Crippen molar-refractivity contribution in [3.05, 3.63) is 25.2 Å². The number of aryl methyl sites for hydroxylation is 1. The van der Waals surface area contributed by atoms with E-state index in [1.54, 1.807) is 7.11 Å². The first-order valence-electron chi connectivity index (χ1n) is 4.15. The topological polar surface area (TPSA) is 18.5 Å². The second-order valence-electron chi connectivity index (χ2n) is 3.00. The van der Waals surface area contributed by atoms with Gasteiger partial charge in [-0.2, -0.15) is 0 Å². The molecule has 0 aliphatic rings. The molecule has 0 bridgehead atoms. The molecule has 0 heterocycles. The lowest BCUT2D eigenvalue weighted by Gasteiger charge is -2.12. The van der Waals surface area contributed by atoms with Gasteiger partial charge >= 0.3 is 0 Å². The summed E-state index contributed by atoms with van der Waals surface area (Å²) in [6.07, 6.45) is 0. The summed E-state index contributed by atoms with van der Waals surface area (Å²) in [5.41, 5.74) is 2.43. The second kappa shape index (κ2) is 5.32. The Hall–Kier alpha value is 0.190. The van der Waals surface area contributed by atoms with Crippen LogP contribution in [0.5, 0.6) is 5.75 Å². The maximum absolute atomic E-state index is 5.43. The van der Waals surface area contributed by atoms with Crippen molar-refractivity contribution in [2.24, 2.45) is 0 Å². The molecular weight excluding hydrogens is 359 g/mol. The van der Waals surface area contributed by atoms with Gasteiger partial charge in [-0.15, -0.1) is 0 Å². The summed E-state index contributed by atoms with van der Waals surface area (Å²) in [4.78, 5) is 0. The van der Waals surface area contributed by atoms with Crippen molar-refractivity contribution in [3.63, 3.8) is 0 Å². The molecule has 0 atom stereocenters. The lowest BCUT2D eigenvalue weighted by atomic mass is 10.1. The number of ether oxygens (including phenoxy) is 2. The minimum atomic E-state index is 0.276. The molecule has 0 aliphatic heterocycles. The maximum atomic E-state index is 5.43. The number of benzene rings is 1. The van der Waals surface area contributed by atoms with E-state index in [1.165, 1.54) is 14.7 Å². The number of halogens is 2. The molecule has 4 heteroatoms. The molecule has 0 unspecified atom stereocenters. The fourth-order valence-corrected chi connectivity index (χ4v) is 2.35. The Morgan fingerprint density at radius 2 is 2.07 bits per heavy atom. The summed E-state index contributed by atoms with van der Waals surface area (Å²) in [6, 6.07) is 2.01. The maximum Gasteiger partial charge on any atom is 0.188 e. The molecule has 0 spiro atoms. The summed E-state index contributed by atoms with van der Waals surface area (Å²) in [6.45, 7) is 4.41. The molecule has 0 N–H and O–H groups in total. The third kappa shape index (κ3) is 2.61. The van der Waals surface area contributed by atoms with Gasteiger partial charge in [0.1, 0.15) is 5.75 Å². The fraction of sp³-hybridized carbons (Fsp3) is 0.400. The molecule has 0 radical (unpaired) electrons. The first kappa shape index (κ1) is 12.3. The number of methoxy groups -OCH3 is 1. The van der Waals surface area contributed by atoms with Gasteiger partial charge < -0.3 is 9.47 Å². The molecule has 0 amide bonds. The van der Waals surface area contributed by atoms with E-state index in [4.69, 9.17) is 9.47 Å². The van der Waals surface area contributed by atoms with Crippen molar-refractivity contribution in [3.8, 4) is 5.75 Å². The van der Waals surface area contributed by atoms with Crippen molar-refractivity contribution in [1.82, 2.24) is 0 Å². The van der Waals surface area contributed by atoms with Crippen molar-refractivity contribution in [2.45, 2.75) is 13.8 Å². The van der Waals surface area contributed by atoms with E-state index in [2.05, 4.69) is 52.4 Å². The van der Waals surface area contributed by atoms with E-state index in [0.29, 0.717) is 0 Å². The van der Waals surface area contributed by atoms with E-state index < -0.39 is 0 Å². The predicted octanol–water partition coefficient (Wildman–Crippen LogP) is 3.65. The average Bonchev–Trinajstić information content (AvgIpc) is 2.18. The zero-order valence-electron chi connectivity index (χ0n) is 8.36. The number of rotatable bonds is 3. The molecule has 0 saturated carbocycles. The summed E-state index contributed by atoms with van der Waals surface area (Å²) in [7, 11) is 1.61. The van der Waals surface area contributed by atoms with Gasteiger partial charge in [-0.1, -0.05) is 0 Å². The Bertz CT molecular complexity index is 339. The summed E-state index contributed by atoms with van der Waals surface area (Å²) < 4.78 is 12.6. The normalized spacial score (nSPS) is 10.4. The van der Waals surface area contributed by atoms with Crippen LogP contribution < -0.4 is 4.74 Å². The minimum Gasteiger partial charge on any atom is -0.466 e. The van der Waals surface area contributed by atoms with E-state index in [1.807, 2.05) is 6.07 Å². The zero-order chi connectivity index (χ0) is 10.7. The summed E-state index contributed by atoms with van der Waals surface area (Å²) >= 11 is 5.84. The van der Waals surface area contributed by atoms with Gasteiger partial charge in [0.25, 0.3) is 0 Å². The van der Waals surface area contributed by atoms with Crippen LogP contribution in [-0.2, 0) is 4.74 Å². The van der Waals surface area contributed by atoms with Crippen LogP contribution in [0.1, 0.15) is 11.1 Å². The Morgan fingerprint density at radius 1 is 1.43 bits per heavy atom. The molecule has 78 valence electrons. The van der Waals surface area contributed by atoms with Gasteiger partial charge in [0, 0.05) is 10.7 Å². The van der Waals surface area contributed by atoms with Crippen LogP contribution in [-0.4, -0.2) is 13.9 Å². The predicted molar refractivity (Wildman–Crippen MR) is 68.8 cm³/mol. The first-order chi connectivity index (χ1) is 6.57. The molecule has 14 heavy (non-hydrogen) atoms. The lowest BCUT2D eigenvalue weighted by Crippen LogP contribution is -2.01. The quantitative estimate of drug-likeness (QED) is 0.597. The van der Waals surface area contributed by atoms with Crippen LogP contribution in [0.4, 0.5) is 0 Å². The van der Waals surface area contributed by atoms with Crippen LogP contribution >= 0.6 is 38.5 Å². The molecular formula is C10H12BrIO2. The van der Waals surface area contributed by atoms with Gasteiger partial charge in [-0.3, -0.25) is 0 Å². The third-order valence-corrected chi connectivity index (χ3v) is 4.55. The van der Waals surface area contributed by atoms with Crippen LogP contribution in [0.25, 0.3) is 0 Å². The van der Waals surface area contributed by atoms with E-state index >= 15 is 0 Å². The Balaban J connectivity index is 3.06. The Kier molecular flexibility index (Phi) is 4.66.